The Labute approximate surface area is 206 Å². The molecule has 2 N–H and O–H groups in total. The molecule has 3 rings (SSSR count). The number of morpholine rings is 1. The molecule has 0 radical (unpaired) electrons. The summed E-state index contributed by atoms with van der Waals surface area (Å²) in [4.78, 5) is 26.7. The molecule has 3 aliphatic rings. The van der Waals surface area contributed by atoms with E-state index in [0.717, 1.165) is 58.5 Å². The first-order valence-electron chi connectivity index (χ1n) is 13.5. The second-order valence-electron chi connectivity index (χ2n) is 12.0. The molecule has 0 bridgehead atoms. The highest BCUT2D eigenvalue weighted by Crippen LogP contribution is 2.62. The number of hydrogen-bond donors (Lipinski definition) is 2. The summed E-state index contributed by atoms with van der Waals surface area (Å²) in [6, 6.07) is 0. The number of aliphatic hydroxyl groups is 1. The van der Waals surface area contributed by atoms with Gasteiger partial charge in [-0.1, -0.05) is 27.2 Å². The van der Waals surface area contributed by atoms with Crippen molar-refractivity contribution in [1.29, 1.82) is 0 Å². The van der Waals surface area contributed by atoms with Gasteiger partial charge in [0.25, 0.3) is 0 Å². The SMILES string of the molecule is CC1(C)CCC[C@@]2(C)C1CC[C@@](C)(O)[C@@H]2CCOC(=O)CCC(=O)NCCCN1CCOCC1. The maximum Gasteiger partial charge on any atom is 0.306 e. The van der Waals surface area contributed by atoms with Gasteiger partial charge in [-0.3, -0.25) is 14.5 Å². The van der Waals surface area contributed by atoms with E-state index in [4.69, 9.17) is 9.47 Å². The third kappa shape index (κ3) is 6.94. The van der Waals surface area contributed by atoms with Crippen molar-refractivity contribution < 1.29 is 24.2 Å². The van der Waals surface area contributed by atoms with Crippen molar-refractivity contribution in [3.63, 3.8) is 0 Å². The molecular weight excluding hydrogens is 432 g/mol. The summed E-state index contributed by atoms with van der Waals surface area (Å²) in [5, 5.41) is 14.1. The van der Waals surface area contributed by atoms with E-state index in [2.05, 4.69) is 31.0 Å². The van der Waals surface area contributed by atoms with Crippen LogP contribution in [-0.4, -0.2) is 73.5 Å². The van der Waals surface area contributed by atoms with E-state index >= 15 is 0 Å². The fourth-order valence-electron chi connectivity index (χ4n) is 7.29. The van der Waals surface area contributed by atoms with Crippen LogP contribution in [0.5, 0.6) is 0 Å². The molecule has 1 heterocycles. The standard InChI is InChI=1S/C27H48N2O5/c1-25(2)11-5-12-26(3)21(25)9-13-27(4,32)22(26)10-18-34-24(31)8-7-23(30)28-14-6-15-29-16-19-33-20-17-29/h21-22,32H,5-20H2,1-4H3,(H,28,30)/t21?,22-,26+,27-/m1/s1. The highest BCUT2D eigenvalue weighted by Gasteiger charge is 2.57. The Kier molecular flexibility index (Phi) is 9.43. The Morgan fingerprint density at radius 1 is 1.09 bits per heavy atom. The van der Waals surface area contributed by atoms with Crippen LogP contribution in [0.15, 0.2) is 0 Å². The average molecular weight is 481 g/mol. The molecule has 0 spiro atoms. The van der Waals surface area contributed by atoms with Gasteiger partial charge in [0.05, 0.1) is 31.8 Å². The van der Waals surface area contributed by atoms with Crippen LogP contribution in [0.2, 0.25) is 0 Å². The van der Waals surface area contributed by atoms with Crippen LogP contribution in [-0.2, 0) is 19.1 Å². The molecule has 1 unspecified atom stereocenters. The largest absolute Gasteiger partial charge is 0.466 e. The van der Waals surface area contributed by atoms with Gasteiger partial charge in [0, 0.05) is 26.1 Å². The van der Waals surface area contributed by atoms with Crippen molar-refractivity contribution in [2.75, 3.05) is 46.0 Å². The lowest BCUT2D eigenvalue weighted by molar-refractivity contribution is -0.175. The zero-order valence-corrected chi connectivity index (χ0v) is 22.0. The van der Waals surface area contributed by atoms with Crippen molar-refractivity contribution in [2.24, 2.45) is 22.7 Å². The predicted molar refractivity (Wildman–Crippen MR) is 132 cm³/mol. The molecule has 1 saturated heterocycles. The first kappa shape index (κ1) is 27.4. The summed E-state index contributed by atoms with van der Waals surface area (Å²) in [6.07, 6.45) is 7.26. The van der Waals surface area contributed by atoms with Crippen LogP contribution in [0.25, 0.3) is 0 Å². The van der Waals surface area contributed by atoms with Crippen LogP contribution in [0.1, 0.15) is 85.5 Å². The van der Waals surface area contributed by atoms with Crippen molar-refractivity contribution >= 4 is 11.9 Å². The number of esters is 1. The maximum absolute atomic E-state index is 12.3. The summed E-state index contributed by atoms with van der Waals surface area (Å²) in [6.45, 7) is 14.4. The topological polar surface area (TPSA) is 88.1 Å². The second-order valence-corrected chi connectivity index (χ2v) is 12.0. The van der Waals surface area contributed by atoms with Gasteiger partial charge < -0.3 is 19.9 Å². The third-order valence-corrected chi connectivity index (χ3v) is 9.06. The zero-order chi connectivity index (χ0) is 24.8. The molecule has 0 aromatic carbocycles. The number of hydrogen-bond acceptors (Lipinski definition) is 6. The summed E-state index contributed by atoms with van der Waals surface area (Å²) in [5.74, 6) is 0.265. The number of carbonyl (C=O) groups excluding carboxylic acids is 2. The zero-order valence-electron chi connectivity index (χ0n) is 22.0. The Hall–Kier alpha value is -1.18. The maximum atomic E-state index is 12.3. The van der Waals surface area contributed by atoms with Crippen LogP contribution >= 0.6 is 0 Å². The molecule has 0 aromatic rings. The molecule has 1 aliphatic heterocycles. The van der Waals surface area contributed by atoms with Crippen LogP contribution < -0.4 is 5.32 Å². The highest BCUT2D eigenvalue weighted by molar-refractivity contribution is 5.81. The molecule has 2 aliphatic carbocycles. The predicted octanol–water partition coefficient (Wildman–Crippen LogP) is 3.53. The Bertz CT molecular complexity index is 689. The Balaban J connectivity index is 1.36. The number of ether oxygens (including phenoxy) is 2. The van der Waals surface area contributed by atoms with E-state index in [1.165, 1.54) is 12.8 Å². The summed E-state index contributed by atoms with van der Waals surface area (Å²) >= 11 is 0. The summed E-state index contributed by atoms with van der Waals surface area (Å²) in [5.41, 5.74) is -0.378. The fourth-order valence-corrected chi connectivity index (χ4v) is 7.29. The molecular formula is C27H48N2O5. The molecule has 3 fully saturated rings. The fraction of sp³-hybridized carbons (Fsp3) is 0.926. The second kappa shape index (κ2) is 11.7. The van der Waals surface area contributed by atoms with Crippen LogP contribution in [0, 0.1) is 22.7 Å². The molecule has 2 saturated carbocycles. The lowest BCUT2D eigenvalue weighted by atomic mass is 9.45. The number of nitrogens with one attached hydrogen (secondary N) is 1. The van der Waals surface area contributed by atoms with Gasteiger partial charge in [0.1, 0.15) is 0 Å². The van der Waals surface area contributed by atoms with Crippen LogP contribution in [0.4, 0.5) is 0 Å². The minimum atomic E-state index is -0.730. The Morgan fingerprint density at radius 3 is 2.56 bits per heavy atom. The number of carbonyl (C=O) groups is 2. The molecule has 196 valence electrons. The summed E-state index contributed by atoms with van der Waals surface area (Å²) in [7, 11) is 0. The minimum absolute atomic E-state index is 0.0665. The first-order chi connectivity index (χ1) is 16.0. The highest BCUT2D eigenvalue weighted by atomic mass is 16.5. The number of fused-ring (bicyclic) bond motifs is 1. The normalized spacial score (nSPS) is 33.7. The van der Waals surface area contributed by atoms with Gasteiger partial charge in [-0.2, -0.15) is 0 Å². The quantitative estimate of drug-likeness (QED) is 0.367. The van der Waals surface area contributed by atoms with Gasteiger partial charge in [-0.25, -0.2) is 0 Å². The smallest absolute Gasteiger partial charge is 0.306 e. The Morgan fingerprint density at radius 2 is 1.82 bits per heavy atom. The van der Waals surface area contributed by atoms with Crippen molar-refractivity contribution in [3.8, 4) is 0 Å². The van der Waals surface area contributed by atoms with E-state index in [0.29, 0.717) is 25.5 Å². The molecule has 7 nitrogen and oxygen atoms in total. The first-order valence-corrected chi connectivity index (χ1v) is 13.5. The van der Waals surface area contributed by atoms with Gasteiger partial charge >= 0.3 is 5.97 Å². The molecule has 7 heteroatoms. The number of amides is 1. The number of nitrogens with zero attached hydrogens (tertiary/aromatic N) is 1. The summed E-state index contributed by atoms with van der Waals surface area (Å²) < 4.78 is 10.9. The van der Waals surface area contributed by atoms with E-state index in [1.54, 1.807) is 0 Å². The van der Waals surface area contributed by atoms with Gasteiger partial charge in [-0.05, 0) is 74.7 Å². The van der Waals surface area contributed by atoms with Gasteiger partial charge in [0.2, 0.25) is 5.91 Å². The molecule has 0 aromatic heterocycles. The van der Waals surface area contributed by atoms with Gasteiger partial charge in [-0.15, -0.1) is 0 Å². The van der Waals surface area contributed by atoms with Crippen LogP contribution in [0.3, 0.4) is 0 Å². The van der Waals surface area contributed by atoms with Crippen molar-refractivity contribution in [3.05, 3.63) is 0 Å². The lowest BCUT2D eigenvalue weighted by Gasteiger charge is -2.61. The van der Waals surface area contributed by atoms with Crippen molar-refractivity contribution in [2.45, 2.75) is 91.1 Å². The van der Waals surface area contributed by atoms with Gasteiger partial charge in [0.15, 0.2) is 0 Å². The monoisotopic (exact) mass is 480 g/mol. The average Bonchev–Trinajstić information content (AvgIpc) is 2.77. The lowest BCUT2D eigenvalue weighted by Crippen LogP contribution is -2.57. The number of rotatable bonds is 10. The van der Waals surface area contributed by atoms with E-state index < -0.39 is 5.60 Å². The molecule has 34 heavy (non-hydrogen) atoms. The third-order valence-electron chi connectivity index (χ3n) is 9.06. The van der Waals surface area contributed by atoms with E-state index in [-0.39, 0.29) is 41.5 Å². The molecule has 1 amide bonds. The van der Waals surface area contributed by atoms with E-state index in [1.807, 2.05) is 6.92 Å². The molecule has 4 atom stereocenters. The van der Waals surface area contributed by atoms with Crippen molar-refractivity contribution in [1.82, 2.24) is 10.2 Å². The van der Waals surface area contributed by atoms with E-state index in [9.17, 15) is 14.7 Å². The minimum Gasteiger partial charge on any atom is -0.466 e.